The van der Waals surface area contributed by atoms with Gasteiger partial charge in [0, 0.05) is 11.8 Å². The van der Waals surface area contributed by atoms with E-state index in [0.29, 0.717) is 11.4 Å². The van der Waals surface area contributed by atoms with Crippen molar-refractivity contribution in [2.45, 2.75) is 4.90 Å². The Kier molecular flexibility index (Phi) is 4.16. The molecular formula is C14H15N3O2S. The number of nitrogens with one attached hydrogen (secondary N) is 1. The van der Waals surface area contributed by atoms with E-state index in [1.54, 1.807) is 12.1 Å². The topological polar surface area (TPSA) is 84.5 Å². The fourth-order valence-electron chi connectivity index (χ4n) is 1.69. The Balaban J connectivity index is 2.46. The molecule has 0 bridgehead atoms. The molecule has 5 nitrogen and oxygen atoms in total. The summed E-state index contributed by atoms with van der Waals surface area (Å²) < 4.78 is 23.1. The van der Waals surface area contributed by atoms with Crippen LogP contribution < -0.4 is 11.3 Å². The number of hydrogen-bond acceptors (Lipinski definition) is 4. The van der Waals surface area contributed by atoms with E-state index >= 15 is 0 Å². The number of benzene rings is 2. The molecule has 0 saturated carbocycles. The standard InChI is InChI=1S/C14H15N3O2S/c1-20(18,19)13-9-5-6-11(10-13)14(17-15)16-12-7-3-2-4-8-12/h2-10H,15H2,1H3,(H,16,17). The van der Waals surface area contributed by atoms with E-state index in [4.69, 9.17) is 5.84 Å². The first-order valence-corrected chi connectivity index (χ1v) is 7.81. The minimum absolute atomic E-state index is 0.228. The molecule has 2 rings (SSSR count). The molecule has 3 N–H and O–H groups in total. The van der Waals surface area contributed by atoms with Gasteiger partial charge in [-0.15, -0.1) is 0 Å². The van der Waals surface area contributed by atoms with E-state index in [1.165, 1.54) is 12.1 Å². The number of nitrogens with zero attached hydrogens (tertiary/aromatic N) is 1. The lowest BCUT2D eigenvalue weighted by Crippen LogP contribution is -2.31. The lowest BCUT2D eigenvalue weighted by molar-refractivity contribution is 0.602. The number of sulfone groups is 1. The molecule has 0 aliphatic carbocycles. The summed E-state index contributed by atoms with van der Waals surface area (Å²) in [5.41, 5.74) is 3.84. The number of para-hydroxylation sites is 1. The van der Waals surface area contributed by atoms with Crippen molar-refractivity contribution in [1.82, 2.24) is 5.43 Å². The van der Waals surface area contributed by atoms with Gasteiger partial charge in [-0.2, -0.15) is 0 Å². The Morgan fingerprint density at radius 1 is 1.10 bits per heavy atom. The molecule has 0 aliphatic rings. The molecular weight excluding hydrogens is 274 g/mol. The minimum atomic E-state index is -3.26. The van der Waals surface area contributed by atoms with Crippen LogP contribution in [0.4, 0.5) is 5.69 Å². The molecule has 0 fully saturated rings. The summed E-state index contributed by atoms with van der Waals surface area (Å²) in [5.74, 6) is 5.89. The van der Waals surface area contributed by atoms with Crippen molar-refractivity contribution >= 4 is 21.4 Å². The van der Waals surface area contributed by atoms with Crippen molar-refractivity contribution in [3.63, 3.8) is 0 Å². The van der Waals surface area contributed by atoms with Crippen LogP contribution in [-0.4, -0.2) is 20.5 Å². The fraction of sp³-hybridized carbons (Fsp3) is 0.0714. The van der Waals surface area contributed by atoms with Gasteiger partial charge in [0.2, 0.25) is 0 Å². The monoisotopic (exact) mass is 289 g/mol. The summed E-state index contributed by atoms with van der Waals surface area (Å²) in [5, 5.41) is 0. The first-order chi connectivity index (χ1) is 9.50. The Morgan fingerprint density at radius 2 is 1.80 bits per heavy atom. The highest BCUT2D eigenvalue weighted by molar-refractivity contribution is 7.90. The molecule has 0 aromatic heterocycles. The van der Waals surface area contributed by atoms with Gasteiger partial charge >= 0.3 is 0 Å². The lowest BCUT2D eigenvalue weighted by Gasteiger charge is -2.07. The van der Waals surface area contributed by atoms with Gasteiger partial charge in [0.15, 0.2) is 9.84 Å². The summed E-state index contributed by atoms with van der Waals surface area (Å²) in [7, 11) is -3.26. The second-order valence-corrected chi connectivity index (χ2v) is 6.26. The van der Waals surface area contributed by atoms with E-state index in [2.05, 4.69) is 10.4 Å². The van der Waals surface area contributed by atoms with E-state index in [0.717, 1.165) is 11.9 Å². The molecule has 20 heavy (non-hydrogen) atoms. The van der Waals surface area contributed by atoms with Gasteiger partial charge in [-0.25, -0.2) is 19.3 Å². The third kappa shape index (κ3) is 3.43. The Morgan fingerprint density at radius 3 is 2.40 bits per heavy atom. The van der Waals surface area contributed by atoms with Gasteiger partial charge in [0.05, 0.1) is 10.6 Å². The number of aliphatic imine (C=N–C) groups is 1. The predicted molar refractivity (Wildman–Crippen MR) is 79.5 cm³/mol. The Bertz CT molecular complexity index is 725. The molecule has 2 aromatic rings. The van der Waals surface area contributed by atoms with Crippen molar-refractivity contribution < 1.29 is 8.42 Å². The van der Waals surface area contributed by atoms with Crippen LogP contribution >= 0.6 is 0 Å². The van der Waals surface area contributed by atoms with Gasteiger partial charge in [0.25, 0.3) is 0 Å². The maximum atomic E-state index is 11.6. The van der Waals surface area contributed by atoms with Gasteiger partial charge in [-0.1, -0.05) is 30.3 Å². The minimum Gasteiger partial charge on any atom is -0.308 e. The van der Waals surface area contributed by atoms with Crippen LogP contribution in [0.25, 0.3) is 0 Å². The van der Waals surface area contributed by atoms with E-state index in [1.807, 2.05) is 30.3 Å². The number of nitrogens with two attached hydrogens (primary N) is 1. The Labute approximate surface area is 118 Å². The van der Waals surface area contributed by atoms with Crippen LogP contribution in [0, 0.1) is 0 Å². The summed E-state index contributed by atoms with van der Waals surface area (Å²) in [4.78, 5) is 4.58. The van der Waals surface area contributed by atoms with E-state index in [9.17, 15) is 8.42 Å². The molecule has 0 heterocycles. The van der Waals surface area contributed by atoms with E-state index in [-0.39, 0.29) is 4.90 Å². The van der Waals surface area contributed by atoms with Crippen molar-refractivity contribution in [3.8, 4) is 0 Å². The largest absolute Gasteiger partial charge is 0.308 e. The molecule has 104 valence electrons. The lowest BCUT2D eigenvalue weighted by atomic mass is 10.2. The summed E-state index contributed by atoms with van der Waals surface area (Å²) in [6.45, 7) is 0. The molecule has 0 aliphatic heterocycles. The zero-order valence-corrected chi connectivity index (χ0v) is 11.8. The van der Waals surface area contributed by atoms with Gasteiger partial charge < -0.3 is 5.43 Å². The van der Waals surface area contributed by atoms with E-state index < -0.39 is 9.84 Å². The van der Waals surface area contributed by atoms with Crippen molar-refractivity contribution in [2.24, 2.45) is 10.8 Å². The second kappa shape index (κ2) is 5.85. The second-order valence-electron chi connectivity index (χ2n) is 4.24. The number of hydrogen-bond donors (Lipinski definition) is 2. The van der Waals surface area contributed by atoms with Crippen LogP contribution in [0.3, 0.4) is 0 Å². The van der Waals surface area contributed by atoms with Crippen LogP contribution in [0.5, 0.6) is 0 Å². The fourth-order valence-corrected chi connectivity index (χ4v) is 2.35. The highest BCUT2D eigenvalue weighted by Gasteiger charge is 2.10. The number of hydrazine groups is 1. The zero-order valence-electron chi connectivity index (χ0n) is 10.9. The van der Waals surface area contributed by atoms with Crippen LogP contribution in [-0.2, 0) is 9.84 Å². The van der Waals surface area contributed by atoms with Crippen molar-refractivity contribution in [2.75, 3.05) is 6.26 Å². The first-order valence-electron chi connectivity index (χ1n) is 5.91. The average molecular weight is 289 g/mol. The molecule has 6 heteroatoms. The summed E-state index contributed by atoms with van der Waals surface area (Å²) in [6, 6.07) is 15.8. The maximum absolute atomic E-state index is 11.6. The molecule has 0 unspecified atom stereocenters. The van der Waals surface area contributed by atoms with Crippen LogP contribution in [0.1, 0.15) is 5.56 Å². The molecule has 2 aromatic carbocycles. The Hall–Kier alpha value is -2.18. The van der Waals surface area contributed by atoms with Gasteiger partial charge in [-0.05, 0) is 24.3 Å². The summed E-state index contributed by atoms with van der Waals surface area (Å²) in [6.07, 6.45) is 1.16. The molecule has 0 amide bonds. The van der Waals surface area contributed by atoms with Crippen LogP contribution in [0.15, 0.2) is 64.5 Å². The molecule has 0 radical (unpaired) electrons. The third-order valence-electron chi connectivity index (χ3n) is 2.67. The third-order valence-corrected chi connectivity index (χ3v) is 3.78. The van der Waals surface area contributed by atoms with Gasteiger partial charge in [-0.3, -0.25) is 0 Å². The number of rotatable bonds is 3. The average Bonchev–Trinajstić information content (AvgIpc) is 2.45. The van der Waals surface area contributed by atoms with Gasteiger partial charge in [0.1, 0.15) is 5.84 Å². The summed E-state index contributed by atoms with van der Waals surface area (Å²) >= 11 is 0. The normalized spacial score (nSPS) is 12.2. The quantitative estimate of drug-likeness (QED) is 0.389. The van der Waals surface area contributed by atoms with Crippen molar-refractivity contribution in [3.05, 3.63) is 60.2 Å². The predicted octanol–water partition coefficient (Wildman–Crippen LogP) is 1.63. The highest BCUT2D eigenvalue weighted by atomic mass is 32.2. The maximum Gasteiger partial charge on any atom is 0.175 e. The zero-order chi connectivity index (χ0) is 14.6. The first kappa shape index (κ1) is 14.2. The molecule has 0 spiro atoms. The van der Waals surface area contributed by atoms with Crippen LogP contribution in [0.2, 0.25) is 0 Å². The highest BCUT2D eigenvalue weighted by Crippen LogP contribution is 2.15. The molecule has 0 atom stereocenters. The molecule has 0 saturated heterocycles. The van der Waals surface area contributed by atoms with Crippen molar-refractivity contribution in [1.29, 1.82) is 0 Å². The SMILES string of the molecule is CS(=O)(=O)c1cccc(C(=Nc2ccccc2)NN)c1. The number of amidine groups is 1. The smallest absolute Gasteiger partial charge is 0.175 e.